The number of ether oxygens (including phenoxy) is 1. The first-order chi connectivity index (χ1) is 13.0. The lowest BCUT2D eigenvalue weighted by molar-refractivity contribution is 0.305. The van der Waals surface area contributed by atoms with E-state index in [-0.39, 0.29) is 12.4 Å². The first-order valence-electron chi connectivity index (χ1n) is 8.41. The van der Waals surface area contributed by atoms with E-state index in [1.165, 1.54) is 12.1 Å². The predicted octanol–water partition coefficient (Wildman–Crippen LogP) is 6.43. The molecule has 134 valence electrons. The van der Waals surface area contributed by atoms with Crippen molar-refractivity contribution in [1.29, 1.82) is 5.26 Å². The molecule has 0 aromatic heterocycles. The van der Waals surface area contributed by atoms with Crippen LogP contribution in [0.15, 0.2) is 66.7 Å². The highest BCUT2D eigenvalue weighted by atomic mass is 35.5. The van der Waals surface area contributed by atoms with Gasteiger partial charge in [-0.3, -0.25) is 0 Å². The number of nitriles is 1. The standard InChI is InChI=1S/C23H17ClFNO/c1-16-5-7-18(8-6-16)20(14-26)12-19-13-21(24)9-10-23(19)27-15-17-3-2-4-22(25)11-17/h2-13H,15H2,1H3/b20-12+. The molecule has 0 amide bonds. The molecule has 0 atom stereocenters. The maximum absolute atomic E-state index is 13.3. The summed E-state index contributed by atoms with van der Waals surface area (Å²) in [6.07, 6.45) is 1.75. The van der Waals surface area contributed by atoms with Gasteiger partial charge in [0.1, 0.15) is 18.2 Å². The fraction of sp³-hybridized carbons (Fsp3) is 0.0870. The lowest BCUT2D eigenvalue weighted by Crippen LogP contribution is -1.97. The minimum absolute atomic E-state index is 0.215. The molecule has 0 bridgehead atoms. The third kappa shape index (κ3) is 4.97. The van der Waals surface area contributed by atoms with Crippen molar-refractivity contribution < 1.29 is 9.13 Å². The summed E-state index contributed by atoms with van der Waals surface area (Å²) in [5.41, 5.74) is 3.86. The minimum atomic E-state index is -0.307. The van der Waals surface area contributed by atoms with Crippen molar-refractivity contribution in [1.82, 2.24) is 0 Å². The van der Waals surface area contributed by atoms with Gasteiger partial charge in [-0.15, -0.1) is 0 Å². The van der Waals surface area contributed by atoms with E-state index in [0.29, 0.717) is 21.9 Å². The van der Waals surface area contributed by atoms with Gasteiger partial charge in [0.2, 0.25) is 0 Å². The molecular formula is C23H17ClFNO. The Bertz CT molecular complexity index is 1020. The molecule has 0 saturated heterocycles. The average molecular weight is 378 g/mol. The Morgan fingerprint density at radius 2 is 1.89 bits per heavy atom. The van der Waals surface area contributed by atoms with Crippen molar-refractivity contribution in [3.05, 3.63) is 99.8 Å². The second kappa shape index (κ2) is 8.53. The molecule has 4 heteroatoms. The molecule has 2 nitrogen and oxygen atoms in total. The van der Waals surface area contributed by atoms with Crippen molar-refractivity contribution in [3.63, 3.8) is 0 Å². The maximum Gasteiger partial charge on any atom is 0.127 e. The highest BCUT2D eigenvalue weighted by molar-refractivity contribution is 6.30. The summed E-state index contributed by atoms with van der Waals surface area (Å²) in [7, 11) is 0. The lowest BCUT2D eigenvalue weighted by atomic mass is 10.0. The first-order valence-corrected chi connectivity index (χ1v) is 8.78. The number of hydrogen-bond donors (Lipinski definition) is 0. The summed E-state index contributed by atoms with van der Waals surface area (Å²) >= 11 is 6.13. The Balaban J connectivity index is 1.91. The van der Waals surface area contributed by atoms with Crippen molar-refractivity contribution in [2.75, 3.05) is 0 Å². The van der Waals surface area contributed by atoms with Crippen LogP contribution >= 0.6 is 11.6 Å². The van der Waals surface area contributed by atoms with Gasteiger partial charge < -0.3 is 4.74 Å². The van der Waals surface area contributed by atoms with Gasteiger partial charge in [-0.2, -0.15) is 5.26 Å². The number of aryl methyl sites for hydroxylation is 1. The quantitative estimate of drug-likeness (QED) is 0.379. The molecule has 3 aromatic rings. The van der Waals surface area contributed by atoms with Crippen LogP contribution in [0.25, 0.3) is 11.6 Å². The highest BCUT2D eigenvalue weighted by Gasteiger charge is 2.07. The van der Waals surface area contributed by atoms with Gasteiger partial charge in [-0.1, -0.05) is 53.6 Å². The van der Waals surface area contributed by atoms with Crippen LogP contribution < -0.4 is 4.74 Å². The van der Waals surface area contributed by atoms with Gasteiger partial charge in [0.25, 0.3) is 0 Å². The van der Waals surface area contributed by atoms with Crippen LogP contribution in [0.5, 0.6) is 5.75 Å². The first kappa shape index (κ1) is 18.7. The second-order valence-corrected chi connectivity index (χ2v) is 6.57. The molecule has 0 heterocycles. The molecule has 0 spiro atoms. The summed E-state index contributed by atoms with van der Waals surface area (Å²) in [4.78, 5) is 0. The van der Waals surface area contributed by atoms with E-state index in [2.05, 4.69) is 6.07 Å². The molecule has 0 aliphatic heterocycles. The number of allylic oxidation sites excluding steroid dienone is 1. The number of hydrogen-bond acceptors (Lipinski definition) is 2. The lowest BCUT2D eigenvalue weighted by Gasteiger charge is -2.11. The number of halogens is 2. The SMILES string of the molecule is Cc1ccc(/C(C#N)=C/c2cc(Cl)ccc2OCc2cccc(F)c2)cc1. The van der Waals surface area contributed by atoms with Crippen LogP contribution in [0.1, 0.15) is 22.3 Å². The van der Waals surface area contributed by atoms with E-state index >= 15 is 0 Å². The summed E-state index contributed by atoms with van der Waals surface area (Å²) in [6.45, 7) is 2.21. The van der Waals surface area contributed by atoms with Gasteiger partial charge in [0.05, 0.1) is 11.6 Å². The zero-order valence-corrected chi connectivity index (χ0v) is 15.5. The highest BCUT2D eigenvalue weighted by Crippen LogP contribution is 2.28. The molecule has 0 radical (unpaired) electrons. The summed E-state index contributed by atoms with van der Waals surface area (Å²) < 4.78 is 19.2. The number of rotatable bonds is 5. The van der Waals surface area contributed by atoms with Gasteiger partial charge in [0, 0.05) is 10.6 Å². The van der Waals surface area contributed by atoms with Gasteiger partial charge in [-0.25, -0.2) is 4.39 Å². The number of benzene rings is 3. The molecular weight excluding hydrogens is 361 g/mol. The van der Waals surface area contributed by atoms with Gasteiger partial charge >= 0.3 is 0 Å². The van der Waals surface area contributed by atoms with Crippen LogP contribution in [0.3, 0.4) is 0 Å². The van der Waals surface area contributed by atoms with E-state index in [1.54, 1.807) is 36.4 Å². The summed E-state index contributed by atoms with van der Waals surface area (Å²) in [5.74, 6) is 0.266. The molecule has 0 saturated carbocycles. The molecule has 27 heavy (non-hydrogen) atoms. The number of nitrogens with zero attached hydrogens (tertiary/aromatic N) is 1. The average Bonchev–Trinajstić information content (AvgIpc) is 2.66. The van der Waals surface area contributed by atoms with Crippen LogP contribution in [0.4, 0.5) is 4.39 Å². The molecule has 3 rings (SSSR count). The fourth-order valence-corrected chi connectivity index (χ4v) is 2.80. The van der Waals surface area contributed by atoms with E-state index in [1.807, 2.05) is 31.2 Å². The second-order valence-electron chi connectivity index (χ2n) is 6.14. The Kier molecular flexibility index (Phi) is 5.90. The fourth-order valence-electron chi connectivity index (χ4n) is 2.62. The largest absolute Gasteiger partial charge is 0.488 e. The van der Waals surface area contributed by atoms with Crippen LogP contribution in [-0.2, 0) is 6.61 Å². The van der Waals surface area contributed by atoms with Gasteiger partial charge in [-0.05, 0) is 54.5 Å². The molecule has 0 N–H and O–H groups in total. The molecule has 0 unspecified atom stereocenters. The Labute approximate surface area is 163 Å². The van der Waals surface area contributed by atoms with Crippen molar-refractivity contribution in [2.45, 2.75) is 13.5 Å². The minimum Gasteiger partial charge on any atom is -0.488 e. The summed E-state index contributed by atoms with van der Waals surface area (Å²) in [5, 5.41) is 10.1. The molecule has 0 fully saturated rings. The monoisotopic (exact) mass is 377 g/mol. The Hall–Kier alpha value is -3.09. The summed E-state index contributed by atoms with van der Waals surface area (Å²) in [6, 6.07) is 21.4. The predicted molar refractivity (Wildman–Crippen MR) is 107 cm³/mol. The maximum atomic E-state index is 13.3. The van der Waals surface area contributed by atoms with Crippen molar-refractivity contribution in [2.24, 2.45) is 0 Å². The Morgan fingerprint density at radius 1 is 1.11 bits per heavy atom. The van der Waals surface area contributed by atoms with E-state index < -0.39 is 0 Å². The van der Waals surface area contributed by atoms with E-state index in [9.17, 15) is 9.65 Å². The smallest absolute Gasteiger partial charge is 0.127 e. The van der Waals surface area contributed by atoms with Crippen molar-refractivity contribution in [3.8, 4) is 11.8 Å². The van der Waals surface area contributed by atoms with E-state index in [0.717, 1.165) is 16.7 Å². The van der Waals surface area contributed by atoms with Gasteiger partial charge in [0.15, 0.2) is 0 Å². The van der Waals surface area contributed by atoms with Crippen LogP contribution in [-0.4, -0.2) is 0 Å². The molecule has 0 aliphatic rings. The van der Waals surface area contributed by atoms with Crippen molar-refractivity contribution >= 4 is 23.3 Å². The third-order valence-corrected chi connectivity index (χ3v) is 4.27. The zero-order valence-electron chi connectivity index (χ0n) is 14.7. The van der Waals surface area contributed by atoms with E-state index in [4.69, 9.17) is 16.3 Å². The zero-order chi connectivity index (χ0) is 19.2. The van der Waals surface area contributed by atoms with Crippen LogP contribution in [0, 0.1) is 24.1 Å². The van der Waals surface area contributed by atoms with Crippen LogP contribution in [0.2, 0.25) is 5.02 Å². The Morgan fingerprint density at radius 3 is 2.59 bits per heavy atom. The topological polar surface area (TPSA) is 33.0 Å². The normalized spacial score (nSPS) is 11.1. The molecule has 3 aromatic carbocycles. The third-order valence-electron chi connectivity index (χ3n) is 4.04. The molecule has 0 aliphatic carbocycles.